The molecular formula is C13H27N5O2. The maximum absolute atomic E-state index is 5.74. The molecule has 20 heavy (non-hydrogen) atoms. The van der Waals surface area contributed by atoms with Gasteiger partial charge in [-0.2, -0.15) is 5.10 Å². The van der Waals surface area contributed by atoms with E-state index >= 15 is 0 Å². The van der Waals surface area contributed by atoms with Crippen molar-refractivity contribution in [3.8, 4) is 5.75 Å². The summed E-state index contributed by atoms with van der Waals surface area (Å²) < 4.78 is 12.9. The lowest BCUT2D eigenvalue weighted by molar-refractivity contribution is -0.0142. The number of likely N-dealkylation sites (N-methyl/N-ethyl adjacent to an activating group) is 1. The molecule has 1 heterocycles. The van der Waals surface area contributed by atoms with E-state index < -0.39 is 5.60 Å². The highest BCUT2D eigenvalue weighted by Gasteiger charge is 2.35. The fraction of sp³-hybridized carbons (Fsp3) is 0.769. The molecule has 116 valence electrons. The zero-order valence-corrected chi connectivity index (χ0v) is 13.3. The normalized spacial score (nSPS) is 13.8. The number of hydrazine groups is 1. The number of hydrogen-bond acceptors (Lipinski definition) is 6. The maximum Gasteiger partial charge on any atom is 0.161 e. The van der Waals surface area contributed by atoms with Crippen molar-refractivity contribution >= 4 is 0 Å². The summed E-state index contributed by atoms with van der Waals surface area (Å²) in [4.78, 5) is 2.10. The molecule has 1 aromatic heterocycles. The molecule has 0 aliphatic carbocycles. The average molecular weight is 285 g/mol. The molecule has 0 saturated heterocycles. The van der Waals surface area contributed by atoms with Crippen molar-refractivity contribution in [2.24, 2.45) is 5.84 Å². The summed E-state index contributed by atoms with van der Waals surface area (Å²) in [5.74, 6) is 6.44. The third-order valence-corrected chi connectivity index (χ3v) is 3.49. The smallest absolute Gasteiger partial charge is 0.161 e. The summed E-state index contributed by atoms with van der Waals surface area (Å²) in [7, 11) is 7.35. The molecule has 0 bridgehead atoms. The zero-order valence-electron chi connectivity index (χ0n) is 13.3. The number of nitrogens with two attached hydrogens (primary N) is 1. The van der Waals surface area contributed by atoms with Gasteiger partial charge in [-0.05, 0) is 27.9 Å². The Bertz CT molecular complexity index is 417. The van der Waals surface area contributed by atoms with Crippen LogP contribution in [0.25, 0.3) is 0 Å². The van der Waals surface area contributed by atoms with Crippen molar-refractivity contribution in [1.29, 1.82) is 0 Å². The second-order valence-corrected chi connectivity index (χ2v) is 5.53. The van der Waals surface area contributed by atoms with Gasteiger partial charge in [0.2, 0.25) is 0 Å². The zero-order chi connectivity index (χ0) is 15.3. The second kappa shape index (κ2) is 7.03. The van der Waals surface area contributed by atoms with Crippen LogP contribution in [0.15, 0.2) is 6.20 Å². The van der Waals surface area contributed by atoms with Crippen molar-refractivity contribution in [1.82, 2.24) is 20.1 Å². The lowest BCUT2D eigenvalue weighted by atomic mass is 9.95. The van der Waals surface area contributed by atoms with E-state index in [4.69, 9.17) is 15.3 Å². The highest BCUT2D eigenvalue weighted by Crippen LogP contribution is 2.33. The van der Waals surface area contributed by atoms with Crippen LogP contribution in [-0.4, -0.2) is 55.1 Å². The minimum absolute atomic E-state index is 0.230. The molecule has 0 aliphatic rings. The van der Waals surface area contributed by atoms with Crippen molar-refractivity contribution < 1.29 is 9.47 Å². The van der Waals surface area contributed by atoms with E-state index in [0.29, 0.717) is 5.75 Å². The van der Waals surface area contributed by atoms with Gasteiger partial charge >= 0.3 is 0 Å². The van der Waals surface area contributed by atoms with Crippen LogP contribution in [0, 0.1) is 0 Å². The first-order valence-electron chi connectivity index (χ1n) is 6.63. The van der Waals surface area contributed by atoms with Gasteiger partial charge in [-0.3, -0.25) is 10.5 Å². The molecule has 0 aliphatic heterocycles. The van der Waals surface area contributed by atoms with Gasteiger partial charge in [-0.15, -0.1) is 0 Å². The van der Waals surface area contributed by atoms with Crippen LogP contribution in [-0.2, 0) is 11.3 Å². The van der Waals surface area contributed by atoms with Gasteiger partial charge < -0.3 is 14.4 Å². The molecule has 1 atom stereocenters. The fourth-order valence-corrected chi connectivity index (χ4v) is 2.03. The van der Waals surface area contributed by atoms with Crippen LogP contribution >= 0.6 is 0 Å². The van der Waals surface area contributed by atoms with Crippen molar-refractivity contribution in [2.45, 2.75) is 32.0 Å². The second-order valence-electron chi connectivity index (χ2n) is 5.53. The summed E-state index contributed by atoms with van der Waals surface area (Å²) in [6.45, 7) is 5.58. The number of aromatic nitrogens is 2. The first kappa shape index (κ1) is 16.9. The molecule has 1 rings (SSSR count). The number of nitrogens with zero attached hydrogens (tertiary/aromatic N) is 3. The van der Waals surface area contributed by atoms with Crippen LogP contribution in [0.4, 0.5) is 0 Å². The number of rotatable bonds is 8. The van der Waals surface area contributed by atoms with Gasteiger partial charge in [-0.25, -0.2) is 5.43 Å². The van der Waals surface area contributed by atoms with Gasteiger partial charge in [0, 0.05) is 13.7 Å². The molecule has 0 radical (unpaired) electrons. The summed E-state index contributed by atoms with van der Waals surface area (Å²) in [5, 5.41) is 4.39. The molecule has 0 amide bonds. The summed E-state index contributed by atoms with van der Waals surface area (Å²) in [5.41, 5.74) is 3.22. The van der Waals surface area contributed by atoms with Crippen molar-refractivity contribution in [2.75, 3.05) is 34.9 Å². The topological polar surface area (TPSA) is 77.6 Å². The van der Waals surface area contributed by atoms with Crippen molar-refractivity contribution in [3.05, 3.63) is 11.9 Å². The van der Waals surface area contributed by atoms with E-state index in [-0.39, 0.29) is 6.04 Å². The quantitative estimate of drug-likeness (QED) is 0.531. The average Bonchev–Trinajstić information content (AvgIpc) is 2.80. The Morgan fingerprint density at radius 2 is 2.10 bits per heavy atom. The first-order valence-corrected chi connectivity index (χ1v) is 6.63. The number of nitrogens with one attached hydrogen (secondary N) is 1. The Balaban J connectivity index is 3.14. The van der Waals surface area contributed by atoms with Crippen LogP contribution in [0.5, 0.6) is 5.75 Å². The Morgan fingerprint density at radius 3 is 2.55 bits per heavy atom. The van der Waals surface area contributed by atoms with E-state index in [1.165, 1.54) is 0 Å². The minimum Gasteiger partial charge on any atom is -0.493 e. The van der Waals surface area contributed by atoms with E-state index in [0.717, 1.165) is 18.8 Å². The number of ether oxygens (including phenoxy) is 2. The Hall–Kier alpha value is -1.15. The Morgan fingerprint density at radius 1 is 1.45 bits per heavy atom. The van der Waals surface area contributed by atoms with Crippen LogP contribution in [0.1, 0.15) is 25.6 Å². The summed E-state index contributed by atoms with van der Waals surface area (Å²) in [6.07, 6.45) is 1.71. The molecule has 1 aromatic rings. The summed E-state index contributed by atoms with van der Waals surface area (Å²) in [6, 6.07) is -0.230. The summed E-state index contributed by atoms with van der Waals surface area (Å²) >= 11 is 0. The molecule has 0 aromatic carbocycles. The van der Waals surface area contributed by atoms with E-state index in [1.54, 1.807) is 20.4 Å². The van der Waals surface area contributed by atoms with Crippen LogP contribution in [0.2, 0.25) is 0 Å². The van der Waals surface area contributed by atoms with Crippen LogP contribution < -0.4 is 16.0 Å². The largest absolute Gasteiger partial charge is 0.493 e. The lowest BCUT2D eigenvalue weighted by Crippen LogP contribution is -2.45. The Kier molecular flexibility index (Phi) is 5.94. The van der Waals surface area contributed by atoms with Crippen molar-refractivity contribution in [3.63, 3.8) is 0 Å². The highest BCUT2D eigenvalue weighted by atomic mass is 16.5. The van der Waals surface area contributed by atoms with E-state index in [9.17, 15) is 0 Å². The predicted octanol–water partition coefficient (Wildman–Crippen LogP) is 0.383. The first-order chi connectivity index (χ1) is 9.37. The minimum atomic E-state index is -0.488. The third kappa shape index (κ3) is 3.69. The molecule has 1 unspecified atom stereocenters. The van der Waals surface area contributed by atoms with Gasteiger partial charge in [0.05, 0.1) is 31.5 Å². The van der Waals surface area contributed by atoms with E-state index in [2.05, 4.69) is 15.4 Å². The molecule has 0 saturated carbocycles. The molecule has 3 N–H and O–H groups in total. The highest BCUT2D eigenvalue weighted by molar-refractivity contribution is 5.30. The lowest BCUT2D eigenvalue weighted by Gasteiger charge is -2.33. The maximum atomic E-state index is 5.74. The Labute approximate surface area is 121 Å². The predicted molar refractivity (Wildman–Crippen MR) is 78.5 cm³/mol. The van der Waals surface area contributed by atoms with Gasteiger partial charge in [0.15, 0.2) is 5.75 Å². The third-order valence-electron chi connectivity index (χ3n) is 3.49. The monoisotopic (exact) mass is 285 g/mol. The van der Waals surface area contributed by atoms with Gasteiger partial charge in [0.25, 0.3) is 0 Å². The number of hydrogen-bond donors (Lipinski definition) is 2. The fourth-order valence-electron chi connectivity index (χ4n) is 2.03. The number of methoxy groups -OCH3 is 2. The van der Waals surface area contributed by atoms with Crippen LogP contribution in [0.3, 0.4) is 0 Å². The van der Waals surface area contributed by atoms with E-state index in [1.807, 2.05) is 32.6 Å². The standard InChI is InChI=1S/C13H27N5O2/c1-13(2,20-6)12(16-14)11-10(19-5)9-15-18(11)8-7-17(3)4/h9,12,16H,7-8,14H2,1-6H3. The molecular weight excluding hydrogens is 258 g/mol. The molecule has 0 fully saturated rings. The van der Waals surface area contributed by atoms with Gasteiger partial charge in [0.1, 0.15) is 5.69 Å². The van der Waals surface area contributed by atoms with Gasteiger partial charge in [-0.1, -0.05) is 0 Å². The molecule has 0 spiro atoms. The molecule has 7 heteroatoms. The SMILES string of the molecule is COc1cnn(CCN(C)C)c1C(NN)C(C)(C)OC. The molecule has 7 nitrogen and oxygen atoms in total.